The lowest BCUT2D eigenvalue weighted by atomic mass is 10.4. The molecule has 20 heavy (non-hydrogen) atoms. The number of carbonyl (C=O) groups excluding carboxylic acids is 1. The standard InChI is InChI=1S/C12H23N7O/c1-4-7-14-9(20)8-15-11-16-10(13)17-12(18-11)19(5-2)6-3/h4-8H2,1-3H3,(H,14,20)(H3,13,15,16,17,18). The van der Waals surface area contributed by atoms with Crippen molar-refractivity contribution in [2.45, 2.75) is 27.2 Å². The van der Waals surface area contributed by atoms with Gasteiger partial charge >= 0.3 is 0 Å². The van der Waals surface area contributed by atoms with E-state index in [1.807, 2.05) is 25.7 Å². The second-order valence-electron chi connectivity index (χ2n) is 4.19. The van der Waals surface area contributed by atoms with Gasteiger partial charge in [-0.25, -0.2) is 0 Å². The molecule has 4 N–H and O–H groups in total. The summed E-state index contributed by atoms with van der Waals surface area (Å²) in [5.74, 6) is 0.860. The van der Waals surface area contributed by atoms with Crippen LogP contribution in [-0.4, -0.2) is 47.0 Å². The molecule has 1 rings (SSSR count). The molecule has 0 atom stereocenters. The minimum absolute atomic E-state index is 0.102. The smallest absolute Gasteiger partial charge is 0.239 e. The van der Waals surface area contributed by atoms with Gasteiger partial charge in [0, 0.05) is 19.6 Å². The Morgan fingerprint density at radius 1 is 1.20 bits per heavy atom. The number of hydrogen-bond acceptors (Lipinski definition) is 7. The number of nitrogens with zero attached hydrogens (tertiary/aromatic N) is 4. The van der Waals surface area contributed by atoms with Gasteiger partial charge in [0.15, 0.2) is 0 Å². The first-order chi connectivity index (χ1) is 9.60. The van der Waals surface area contributed by atoms with Gasteiger partial charge in [-0.3, -0.25) is 4.79 Å². The summed E-state index contributed by atoms with van der Waals surface area (Å²) in [7, 11) is 0. The third-order valence-corrected chi connectivity index (χ3v) is 2.67. The zero-order valence-corrected chi connectivity index (χ0v) is 12.3. The summed E-state index contributed by atoms with van der Waals surface area (Å²) < 4.78 is 0. The predicted octanol–water partition coefficient (Wildman–Crippen LogP) is 0.238. The third-order valence-electron chi connectivity index (χ3n) is 2.67. The highest BCUT2D eigenvalue weighted by Gasteiger charge is 2.10. The Balaban J connectivity index is 2.68. The maximum atomic E-state index is 11.5. The van der Waals surface area contributed by atoms with Crippen molar-refractivity contribution in [3.8, 4) is 0 Å². The molecule has 1 aromatic rings. The molecule has 0 saturated heterocycles. The second kappa shape index (κ2) is 8.13. The van der Waals surface area contributed by atoms with Gasteiger partial charge in [-0.1, -0.05) is 6.92 Å². The van der Waals surface area contributed by atoms with Crippen LogP contribution in [0.2, 0.25) is 0 Å². The molecule has 0 bridgehead atoms. The van der Waals surface area contributed by atoms with Crippen molar-refractivity contribution in [2.75, 3.05) is 42.1 Å². The maximum Gasteiger partial charge on any atom is 0.239 e. The van der Waals surface area contributed by atoms with Crippen LogP contribution in [0.5, 0.6) is 0 Å². The van der Waals surface area contributed by atoms with Gasteiger partial charge in [-0.15, -0.1) is 0 Å². The first-order valence-corrected chi connectivity index (χ1v) is 6.87. The maximum absolute atomic E-state index is 11.5. The van der Waals surface area contributed by atoms with Gasteiger partial charge in [-0.2, -0.15) is 15.0 Å². The number of nitrogens with two attached hydrogens (primary N) is 1. The van der Waals surface area contributed by atoms with Crippen LogP contribution in [-0.2, 0) is 4.79 Å². The molecule has 0 aliphatic carbocycles. The van der Waals surface area contributed by atoms with Crippen molar-refractivity contribution in [3.63, 3.8) is 0 Å². The summed E-state index contributed by atoms with van der Waals surface area (Å²) in [6, 6.07) is 0. The minimum atomic E-state index is -0.102. The van der Waals surface area contributed by atoms with E-state index in [0.29, 0.717) is 18.4 Å². The van der Waals surface area contributed by atoms with Gasteiger partial charge in [0.05, 0.1) is 6.54 Å². The number of aromatic nitrogens is 3. The zero-order valence-electron chi connectivity index (χ0n) is 12.3. The quantitative estimate of drug-likeness (QED) is 0.626. The molecule has 0 aromatic carbocycles. The molecule has 8 heteroatoms. The fourth-order valence-electron chi connectivity index (χ4n) is 1.59. The highest BCUT2D eigenvalue weighted by atomic mass is 16.1. The number of carbonyl (C=O) groups is 1. The summed E-state index contributed by atoms with van der Waals surface area (Å²) in [4.78, 5) is 25.8. The van der Waals surface area contributed by atoms with Crippen LogP contribution in [0.1, 0.15) is 27.2 Å². The van der Waals surface area contributed by atoms with Gasteiger partial charge in [-0.05, 0) is 20.3 Å². The number of nitrogens with one attached hydrogen (secondary N) is 2. The van der Waals surface area contributed by atoms with Crippen molar-refractivity contribution in [1.82, 2.24) is 20.3 Å². The number of nitrogen functional groups attached to an aromatic ring is 1. The molecule has 0 aliphatic rings. The Morgan fingerprint density at radius 3 is 2.50 bits per heavy atom. The Bertz CT molecular complexity index is 434. The van der Waals surface area contributed by atoms with Crippen molar-refractivity contribution in [1.29, 1.82) is 0 Å². The normalized spacial score (nSPS) is 10.2. The van der Waals surface area contributed by atoms with Crippen LogP contribution in [0.25, 0.3) is 0 Å². The van der Waals surface area contributed by atoms with E-state index >= 15 is 0 Å². The molecule has 0 fully saturated rings. The number of anilines is 3. The van der Waals surface area contributed by atoms with Gasteiger partial charge < -0.3 is 21.3 Å². The van der Waals surface area contributed by atoms with E-state index in [-0.39, 0.29) is 18.4 Å². The highest BCUT2D eigenvalue weighted by molar-refractivity contribution is 5.80. The fourth-order valence-corrected chi connectivity index (χ4v) is 1.59. The van der Waals surface area contributed by atoms with Gasteiger partial charge in [0.2, 0.25) is 23.8 Å². The molecular formula is C12H23N7O. The van der Waals surface area contributed by atoms with Crippen LogP contribution in [0.3, 0.4) is 0 Å². The first-order valence-electron chi connectivity index (χ1n) is 6.87. The van der Waals surface area contributed by atoms with Crippen molar-refractivity contribution in [2.24, 2.45) is 0 Å². The van der Waals surface area contributed by atoms with Crippen molar-refractivity contribution >= 4 is 23.8 Å². The lowest BCUT2D eigenvalue weighted by Gasteiger charge is -2.18. The molecule has 0 aliphatic heterocycles. The van der Waals surface area contributed by atoms with Crippen LogP contribution < -0.4 is 21.3 Å². The average Bonchev–Trinajstić information content (AvgIpc) is 2.43. The molecule has 0 saturated carbocycles. The zero-order chi connectivity index (χ0) is 15.0. The first kappa shape index (κ1) is 15.9. The molecule has 0 unspecified atom stereocenters. The van der Waals surface area contributed by atoms with E-state index in [4.69, 9.17) is 5.73 Å². The van der Waals surface area contributed by atoms with Crippen LogP contribution in [0.15, 0.2) is 0 Å². The fraction of sp³-hybridized carbons (Fsp3) is 0.667. The SMILES string of the molecule is CCCNC(=O)CNc1nc(N)nc(N(CC)CC)n1. The largest absolute Gasteiger partial charge is 0.368 e. The monoisotopic (exact) mass is 281 g/mol. The highest BCUT2D eigenvalue weighted by Crippen LogP contribution is 2.11. The van der Waals surface area contributed by atoms with Crippen molar-refractivity contribution in [3.05, 3.63) is 0 Å². The number of hydrogen-bond donors (Lipinski definition) is 3. The summed E-state index contributed by atoms with van der Waals surface area (Å²) in [5, 5.41) is 5.62. The van der Waals surface area contributed by atoms with Crippen LogP contribution >= 0.6 is 0 Å². The molecule has 112 valence electrons. The molecule has 0 radical (unpaired) electrons. The summed E-state index contributed by atoms with van der Waals surface area (Å²) in [6.45, 7) is 8.33. The Hall–Kier alpha value is -2.12. The second-order valence-corrected chi connectivity index (χ2v) is 4.19. The Labute approximate surface area is 119 Å². The third kappa shape index (κ3) is 4.87. The predicted molar refractivity (Wildman–Crippen MR) is 79.6 cm³/mol. The average molecular weight is 281 g/mol. The van der Waals surface area contributed by atoms with E-state index in [2.05, 4.69) is 25.6 Å². The molecule has 0 spiro atoms. The molecule has 1 aromatic heterocycles. The van der Waals surface area contributed by atoms with Crippen molar-refractivity contribution < 1.29 is 4.79 Å². The van der Waals surface area contributed by atoms with E-state index in [9.17, 15) is 4.79 Å². The van der Waals surface area contributed by atoms with E-state index in [1.165, 1.54) is 0 Å². The van der Waals surface area contributed by atoms with E-state index in [0.717, 1.165) is 19.5 Å². The Kier molecular flexibility index (Phi) is 6.48. The topological polar surface area (TPSA) is 109 Å². The number of rotatable bonds is 8. The summed E-state index contributed by atoms with van der Waals surface area (Å²) in [6.07, 6.45) is 0.899. The van der Waals surface area contributed by atoms with Gasteiger partial charge in [0.1, 0.15) is 0 Å². The lowest BCUT2D eigenvalue weighted by molar-refractivity contribution is -0.119. The minimum Gasteiger partial charge on any atom is -0.368 e. The molecule has 1 amide bonds. The Morgan fingerprint density at radius 2 is 1.90 bits per heavy atom. The molecule has 8 nitrogen and oxygen atoms in total. The van der Waals surface area contributed by atoms with Crippen LogP contribution in [0.4, 0.5) is 17.8 Å². The molecule has 1 heterocycles. The lowest BCUT2D eigenvalue weighted by Crippen LogP contribution is -2.31. The molecular weight excluding hydrogens is 258 g/mol. The van der Waals surface area contributed by atoms with Gasteiger partial charge in [0.25, 0.3) is 0 Å². The van der Waals surface area contributed by atoms with E-state index in [1.54, 1.807) is 0 Å². The van der Waals surface area contributed by atoms with Crippen LogP contribution in [0, 0.1) is 0 Å². The summed E-state index contributed by atoms with van der Waals surface area (Å²) in [5.41, 5.74) is 5.66. The summed E-state index contributed by atoms with van der Waals surface area (Å²) >= 11 is 0. The number of amides is 1. The van der Waals surface area contributed by atoms with E-state index < -0.39 is 0 Å².